The van der Waals surface area contributed by atoms with E-state index in [1.54, 1.807) is 6.92 Å². The normalized spacial score (nSPS) is 15.3. The molecule has 0 bridgehead atoms. The number of sulfonamides is 1. The molecule has 0 aliphatic rings. The Morgan fingerprint density at radius 3 is 2.44 bits per heavy atom. The number of nitrogens with zero attached hydrogens (tertiary/aromatic N) is 2. The quantitative estimate of drug-likeness (QED) is 0.283. The highest BCUT2D eigenvalue weighted by Crippen LogP contribution is 2.05. The SMILES string of the molecule is CC(C)OCCS(=O)(=O)N(C)CC(C)C(N)=NO. The summed E-state index contributed by atoms with van der Waals surface area (Å²) >= 11 is 0. The van der Waals surface area contributed by atoms with Gasteiger partial charge in [0.25, 0.3) is 0 Å². The van der Waals surface area contributed by atoms with Gasteiger partial charge in [0, 0.05) is 19.5 Å². The molecule has 0 heterocycles. The van der Waals surface area contributed by atoms with Crippen LogP contribution in [0.1, 0.15) is 20.8 Å². The van der Waals surface area contributed by atoms with Crippen molar-refractivity contribution in [3.63, 3.8) is 0 Å². The molecule has 108 valence electrons. The van der Waals surface area contributed by atoms with E-state index in [2.05, 4.69) is 5.16 Å². The van der Waals surface area contributed by atoms with Crippen LogP contribution in [-0.4, -0.2) is 55.8 Å². The molecule has 0 aromatic heterocycles. The van der Waals surface area contributed by atoms with E-state index in [4.69, 9.17) is 15.7 Å². The number of hydrogen-bond donors (Lipinski definition) is 2. The summed E-state index contributed by atoms with van der Waals surface area (Å²) in [5, 5.41) is 11.4. The summed E-state index contributed by atoms with van der Waals surface area (Å²) < 4.78 is 30.1. The summed E-state index contributed by atoms with van der Waals surface area (Å²) in [6, 6.07) is 0. The molecule has 0 rings (SSSR count). The van der Waals surface area contributed by atoms with E-state index in [1.165, 1.54) is 11.4 Å². The van der Waals surface area contributed by atoms with E-state index in [-0.39, 0.29) is 36.8 Å². The number of ether oxygens (including phenoxy) is 1. The minimum Gasteiger partial charge on any atom is -0.409 e. The molecule has 0 fully saturated rings. The highest BCUT2D eigenvalue weighted by molar-refractivity contribution is 7.89. The summed E-state index contributed by atoms with van der Waals surface area (Å²) in [7, 11) is -1.91. The zero-order chi connectivity index (χ0) is 14.3. The van der Waals surface area contributed by atoms with Crippen molar-refractivity contribution in [2.24, 2.45) is 16.8 Å². The average molecular weight is 281 g/mol. The van der Waals surface area contributed by atoms with Gasteiger partial charge in [-0.05, 0) is 13.8 Å². The first-order chi connectivity index (χ1) is 8.20. The van der Waals surface area contributed by atoms with Gasteiger partial charge in [0.15, 0.2) is 0 Å². The molecule has 0 aliphatic carbocycles. The topological polar surface area (TPSA) is 105 Å². The van der Waals surface area contributed by atoms with Crippen LogP contribution in [0.4, 0.5) is 0 Å². The average Bonchev–Trinajstić information content (AvgIpc) is 2.26. The minimum absolute atomic E-state index is 0.00148. The van der Waals surface area contributed by atoms with Crippen LogP contribution < -0.4 is 5.73 Å². The Balaban J connectivity index is 4.35. The Morgan fingerprint density at radius 1 is 1.44 bits per heavy atom. The van der Waals surface area contributed by atoms with Crippen LogP contribution in [0, 0.1) is 5.92 Å². The molecule has 8 heteroatoms. The summed E-state index contributed by atoms with van der Waals surface area (Å²) in [4.78, 5) is 0. The molecule has 0 amide bonds. The maximum atomic E-state index is 11.9. The summed E-state index contributed by atoms with van der Waals surface area (Å²) in [5.74, 6) is -0.416. The lowest BCUT2D eigenvalue weighted by atomic mass is 10.2. The van der Waals surface area contributed by atoms with Crippen molar-refractivity contribution in [3.8, 4) is 0 Å². The van der Waals surface area contributed by atoms with Crippen LogP contribution in [0.3, 0.4) is 0 Å². The van der Waals surface area contributed by atoms with Gasteiger partial charge in [0.2, 0.25) is 10.0 Å². The van der Waals surface area contributed by atoms with Crippen LogP contribution in [0.25, 0.3) is 0 Å². The molecule has 0 saturated heterocycles. The minimum atomic E-state index is -3.38. The Labute approximate surface area is 109 Å². The predicted molar refractivity (Wildman–Crippen MR) is 70.1 cm³/mol. The monoisotopic (exact) mass is 281 g/mol. The summed E-state index contributed by atoms with van der Waals surface area (Å²) in [5.41, 5.74) is 5.40. The lowest BCUT2D eigenvalue weighted by Crippen LogP contribution is -2.38. The number of oxime groups is 1. The zero-order valence-corrected chi connectivity index (χ0v) is 12.1. The smallest absolute Gasteiger partial charge is 0.216 e. The van der Waals surface area contributed by atoms with Crippen LogP contribution in [-0.2, 0) is 14.8 Å². The molecule has 0 radical (unpaired) electrons. The number of hydrogen-bond acceptors (Lipinski definition) is 5. The maximum Gasteiger partial charge on any atom is 0.216 e. The Bertz CT molecular complexity index is 367. The molecular formula is C10H23N3O4S. The first-order valence-electron chi connectivity index (χ1n) is 5.73. The van der Waals surface area contributed by atoms with E-state index < -0.39 is 10.0 Å². The number of nitrogens with two attached hydrogens (primary N) is 1. The van der Waals surface area contributed by atoms with Gasteiger partial charge in [-0.25, -0.2) is 12.7 Å². The van der Waals surface area contributed by atoms with Crippen molar-refractivity contribution < 1.29 is 18.4 Å². The van der Waals surface area contributed by atoms with Crippen molar-refractivity contribution in [1.29, 1.82) is 0 Å². The maximum absolute atomic E-state index is 11.9. The highest BCUT2D eigenvalue weighted by Gasteiger charge is 2.21. The van der Waals surface area contributed by atoms with Crippen molar-refractivity contribution in [1.82, 2.24) is 4.31 Å². The standard InChI is InChI=1S/C10H23N3O4S/c1-8(2)17-5-6-18(15,16)13(4)7-9(3)10(11)12-14/h8-9,14H,5-7H2,1-4H3,(H2,11,12). The van der Waals surface area contributed by atoms with E-state index in [0.29, 0.717) is 0 Å². The lowest BCUT2D eigenvalue weighted by Gasteiger charge is -2.20. The van der Waals surface area contributed by atoms with Crippen molar-refractivity contribution in [3.05, 3.63) is 0 Å². The van der Waals surface area contributed by atoms with Crippen molar-refractivity contribution >= 4 is 15.9 Å². The van der Waals surface area contributed by atoms with E-state index in [0.717, 1.165) is 0 Å². The molecule has 0 aliphatic heterocycles. The van der Waals surface area contributed by atoms with Crippen molar-refractivity contribution in [2.45, 2.75) is 26.9 Å². The highest BCUT2D eigenvalue weighted by atomic mass is 32.2. The summed E-state index contributed by atoms with van der Waals surface area (Å²) in [6.07, 6.45) is 0.00148. The first kappa shape index (κ1) is 17.1. The Morgan fingerprint density at radius 2 is 2.00 bits per heavy atom. The van der Waals surface area contributed by atoms with Crippen molar-refractivity contribution in [2.75, 3.05) is 26.0 Å². The van der Waals surface area contributed by atoms with Gasteiger partial charge in [-0.15, -0.1) is 0 Å². The Hall–Kier alpha value is -0.860. The fourth-order valence-corrected chi connectivity index (χ4v) is 2.31. The third-order valence-electron chi connectivity index (χ3n) is 2.42. The molecule has 0 aromatic rings. The van der Waals surface area contributed by atoms with Crippen LogP contribution in [0.5, 0.6) is 0 Å². The third kappa shape index (κ3) is 6.18. The molecule has 7 nitrogen and oxygen atoms in total. The zero-order valence-electron chi connectivity index (χ0n) is 11.3. The summed E-state index contributed by atoms with van der Waals surface area (Å²) in [6.45, 7) is 5.70. The molecule has 0 aromatic carbocycles. The number of amidine groups is 1. The van der Waals surface area contributed by atoms with Gasteiger partial charge < -0.3 is 15.7 Å². The predicted octanol–water partition coefficient (Wildman–Crippen LogP) is 0.0555. The fourth-order valence-electron chi connectivity index (χ4n) is 1.24. The number of rotatable bonds is 8. The van der Waals surface area contributed by atoms with Gasteiger partial charge in [-0.1, -0.05) is 12.1 Å². The molecule has 18 heavy (non-hydrogen) atoms. The fraction of sp³-hybridized carbons (Fsp3) is 0.900. The molecule has 1 atom stereocenters. The van der Waals surface area contributed by atoms with E-state index >= 15 is 0 Å². The molecule has 1 unspecified atom stereocenters. The van der Waals surface area contributed by atoms with Crippen LogP contribution in [0.2, 0.25) is 0 Å². The van der Waals surface area contributed by atoms with E-state index in [1.807, 2.05) is 13.8 Å². The van der Waals surface area contributed by atoms with Gasteiger partial charge >= 0.3 is 0 Å². The largest absolute Gasteiger partial charge is 0.409 e. The molecule has 0 spiro atoms. The van der Waals surface area contributed by atoms with Gasteiger partial charge in [0.1, 0.15) is 5.84 Å². The molecule has 3 N–H and O–H groups in total. The Kier molecular flexibility index (Phi) is 7.19. The van der Waals surface area contributed by atoms with Crippen LogP contribution >= 0.6 is 0 Å². The molecule has 0 saturated carbocycles. The van der Waals surface area contributed by atoms with Crippen LogP contribution in [0.15, 0.2) is 5.16 Å². The first-order valence-corrected chi connectivity index (χ1v) is 7.34. The third-order valence-corrected chi connectivity index (χ3v) is 4.20. The molecular weight excluding hydrogens is 258 g/mol. The second-order valence-corrected chi connectivity index (χ2v) is 6.64. The van der Waals surface area contributed by atoms with Gasteiger partial charge in [-0.3, -0.25) is 0 Å². The second kappa shape index (κ2) is 7.55. The second-order valence-electron chi connectivity index (χ2n) is 4.44. The van der Waals surface area contributed by atoms with E-state index in [9.17, 15) is 8.42 Å². The lowest BCUT2D eigenvalue weighted by molar-refractivity contribution is 0.0907. The van der Waals surface area contributed by atoms with Gasteiger partial charge in [-0.2, -0.15) is 0 Å². The van der Waals surface area contributed by atoms with Gasteiger partial charge in [0.05, 0.1) is 18.5 Å².